The van der Waals surface area contributed by atoms with Crippen LogP contribution in [0.5, 0.6) is 5.75 Å². The van der Waals surface area contributed by atoms with Crippen molar-refractivity contribution in [1.82, 2.24) is 15.0 Å². The Morgan fingerprint density at radius 3 is 2.74 bits per heavy atom. The number of nitrogens with zero attached hydrogens (tertiary/aromatic N) is 3. The van der Waals surface area contributed by atoms with Crippen LogP contribution in [0.4, 0.5) is 0 Å². The molecule has 1 atom stereocenters. The lowest BCUT2D eigenvalue weighted by Gasteiger charge is -2.46. The first-order valence-corrected chi connectivity index (χ1v) is 11.3. The van der Waals surface area contributed by atoms with Gasteiger partial charge in [0.25, 0.3) is 5.91 Å². The van der Waals surface area contributed by atoms with E-state index >= 15 is 0 Å². The highest BCUT2D eigenvalue weighted by Gasteiger charge is 2.41. The van der Waals surface area contributed by atoms with E-state index in [-0.39, 0.29) is 17.4 Å². The summed E-state index contributed by atoms with van der Waals surface area (Å²) in [6.45, 7) is 8.27. The second-order valence-electron chi connectivity index (χ2n) is 9.27. The molecule has 3 heterocycles. The number of methoxy groups -OCH3 is 1. The molecule has 1 amide bonds. The third kappa shape index (κ3) is 4.76. The minimum atomic E-state index is -0.140. The van der Waals surface area contributed by atoms with Crippen molar-refractivity contribution < 1.29 is 18.8 Å². The van der Waals surface area contributed by atoms with Crippen molar-refractivity contribution in [3.05, 3.63) is 41.0 Å². The molecule has 0 radical (unpaired) electrons. The minimum Gasteiger partial charge on any atom is -0.497 e. The van der Waals surface area contributed by atoms with Gasteiger partial charge in [0.05, 0.1) is 12.7 Å². The molecule has 7 nitrogen and oxygen atoms in total. The number of likely N-dealkylation sites (tertiary alicyclic amines) is 1. The Morgan fingerprint density at radius 1 is 1.32 bits per heavy atom. The number of piperidine rings is 1. The smallest absolute Gasteiger partial charge is 0.254 e. The van der Waals surface area contributed by atoms with Crippen molar-refractivity contribution in [2.75, 3.05) is 26.8 Å². The second kappa shape index (κ2) is 8.99. The molecule has 168 valence electrons. The van der Waals surface area contributed by atoms with Crippen molar-refractivity contribution >= 4 is 5.91 Å². The lowest BCUT2D eigenvalue weighted by atomic mass is 9.78. The van der Waals surface area contributed by atoms with E-state index in [1.807, 2.05) is 30.0 Å². The van der Waals surface area contributed by atoms with Crippen LogP contribution in [0.25, 0.3) is 0 Å². The Bertz CT molecular complexity index is 915. The molecule has 1 unspecified atom stereocenters. The molecule has 0 N–H and O–H groups in total. The van der Waals surface area contributed by atoms with Gasteiger partial charge in [-0.3, -0.25) is 4.79 Å². The topological polar surface area (TPSA) is 77.7 Å². The molecule has 1 aromatic carbocycles. The zero-order valence-corrected chi connectivity index (χ0v) is 19.0. The number of carbonyl (C=O) groups is 1. The molecule has 31 heavy (non-hydrogen) atoms. The summed E-state index contributed by atoms with van der Waals surface area (Å²) < 4.78 is 16.9. The quantitative estimate of drug-likeness (QED) is 0.713. The number of aromatic nitrogens is 2. The van der Waals surface area contributed by atoms with Crippen molar-refractivity contribution in [2.45, 2.75) is 64.4 Å². The highest BCUT2D eigenvalue weighted by Crippen LogP contribution is 2.39. The zero-order valence-electron chi connectivity index (χ0n) is 19.0. The maximum absolute atomic E-state index is 13.1. The molecule has 0 bridgehead atoms. The second-order valence-corrected chi connectivity index (χ2v) is 9.27. The minimum absolute atomic E-state index is 0.0929. The van der Waals surface area contributed by atoms with E-state index in [1.165, 1.54) is 0 Å². The van der Waals surface area contributed by atoms with Crippen molar-refractivity contribution in [3.8, 4) is 5.75 Å². The third-order valence-electron chi connectivity index (χ3n) is 6.67. The molecule has 2 aromatic rings. The molecule has 1 spiro atoms. The summed E-state index contributed by atoms with van der Waals surface area (Å²) in [6, 6.07) is 5.63. The molecule has 2 aliphatic rings. The number of rotatable bonds is 5. The van der Waals surface area contributed by atoms with Crippen LogP contribution in [0.1, 0.15) is 73.1 Å². The summed E-state index contributed by atoms with van der Waals surface area (Å²) in [4.78, 5) is 19.6. The van der Waals surface area contributed by atoms with Gasteiger partial charge in [-0.05, 0) is 62.3 Å². The number of ether oxygens (including phenoxy) is 2. The summed E-state index contributed by atoms with van der Waals surface area (Å²) in [5, 5.41) is 4.17. The van der Waals surface area contributed by atoms with E-state index < -0.39 is 0 Å². The van der Waals surface area contributed by atoms with Crippen LogP contribution in [-0.4, -0.2) is 53.4 Å². The van der Waals surface area contributed by atoms with Crippen LogP contribution in [0.15, 0.2) is 22.7 Å². The van der Waals surface area contributed by atoms with Gasteiger partial charge in [-0.2, -0.15) is 4.98 Å². The van der Waals surface area contributed by atoms with E-state index in [2.05, 4.69) is 24.0 Å². The fourth-order valence-electron chi connectivity index (χ4n) is 4.79. The number of aryl methyl sites for hydroxylation is 1. The molecule has 0 saturated carbocycles. The van der Waals surface area contributed by atoms with Crippen LogP contribution in [-0.2, 0) is 11.2 Å². The summed E-state index contributed by atoms with van der Waals surface area (Å²) in [5.41, 5.74) is 1.55. The Balaban J connectivity index is 1.36. The summed E-state index contributed by atoms with van der Waals surface area (Å²) in [5.74, 6) is 3.10. The van der Waals surface area contributed by atoms with Crippen molar-refractivity contribution in [1.29, 1.82) is 0 Å². The maximum Gasteiger partial charge on any atom is 0.254 e. The molecule has 2 aliphatic heterocycles. The normalized spacial score (nSPS) is 20.9. The maximum atomic E-state index is 13.1. The Kier molecular flexibility index (Phi) is 6.32. The lowest BCUT2D eigenvalue weighted by Crippen LogP contribution is -2.51. The van der Waals surface area contributed by atoms with Gasteiger partial charge in [0.15, 0.2) is 5.82 Å². The van der Waals surface area contributed by atoms with E-state index in [4.69, 9.17) is 14.0 Å². The zero-order chi connectivity index (χ0) is 22.0. The molecule has 0 aliphatic carbocycles. The van der Waals surface area contributed by atoms with E-state index in [0.29, 0.717) is 11.8 Å². The fourth-order valence-corrected chi connectivity index (χ4v) is 4.79. The van der Waals surface area contributed by atoms with Gasteiger partial charge in [0, 0.05) is 37.6 Å². The molecule has 2 fully saturated rings. The monoisotopic (exact) mass is 427 g/mol. The first-order chi connectivity index (χ1) is 14.9. The van der Waals surface area contributed by atoms with E-state index in [9.17, 15) is 4.79 Å². The SMILES string of the molecule is COc1ccc(C(=O)N2CCC3(CC2)CC(Cc2noc(C(C)C)n2)CCO3)c(C)c1. The summed E-state index contributed by atoms with van der Waals surface area (Å²) in [7, 11) is 1.64. The number of hydrogen-bond acceptors (Lipinski definition) is 6. The van der Waals surface area contributed by atoms with Crippen molar-refractivity contribution in [2.24, 2.45) is 5.92 Å². The molecular weight excluding hydrogens is 394 g/mol. The van der Waals surface area contributed by atoms with Gasteiger partial charge >= 0.3 is 0 Å². The molecule has 1 aromatic heterocycles. The number of hydrogen-bond donors (Lipinski definition) is 0. The summed E-state index contributed by atoms with van der Waals surface area (Å²) >= 11 is 0. The van der Waals surface area contributed by atoms with E-state index in [1.54, 1.807) is 7.11 Å². The predicted molar refractivity (Wildman–Crippen MR) is 116 cm³/mol. The van der Waals surface area contributed by atoms with Gasteiger partial charge in [-0.15, -0.1) is 0 Å². The number of benzene rings is 1. The van der Waals surface area contributed by atoms with Crippen LogP contribution in [0.2, 0.25) is 0 Å². The predicted octanol–water partition coefficient (Wildman–Crippen LogP) is 4.15. The summed E-state index contributed by atoms with van der Waals surface area (Å²) in [6.07, 6.45) is 4.57. The number of amides is 1. The van der Waals surface area contributed by atoms with Gasteiger partial charge in [0.2, 0.25) is 5.89 Å². The Labute approximate surface area is 184 Å². The molecule has 2 saturated heterocycles. The standard InChI is InChI=1S/C24H33N3O4/c1-16(2)22-25-21(26-31-22)14-18-7-12-30-24(15-18)8-10-27(11-9-24)23(28)20-6-5-19(29-4)13-17(20)3/h5-6,13,16,18H,7-12,14-15H2,1-4H3. The largest absolute Gasteiger partial charge is 0.497 e. The van der Waals surface area contributed by atoms with Gasteiger partial charge in [0.1, 0.15) is 5.75 Å². The molecule has 4 rings (SSSR count). The van der Waals surface area contributed by atoms with Crippen LogP contribution >= 0.6 is 0 Å². The fraction of sp³-hybridized carbons (Fsp3) is 0.625. The average molecular weight is 428 g/mol. The third-order valence-corrected chi connectivity index (χ3v) is 6.67. The average Bonchev–Trinajstić information content (AvgIpc) is 3.23. The Hall–Kier alpha value is -2.41. The van der Waals surface area contributed by atoms with Gasteiger partial charge in [-0.1, -0.05) is 19.0 Å². The first-order valence-electron chi connectivity index (χ1n) is 11.3. The van der Waals surface area contributed by atoms with Crippen molar-refractivity contribution in [3.63, 3.8) is 0 Å². The lowest BCUT2D eigenvalue weighted by molar-refractivity contribution is -0.123. The Morgan fingerprint density at radius 2 is 2.10 bits per heavy atom. The van der Waals surface area contributed by atoms with Crippen LogP contribution in [0.3, 0.4) is 0 Å². The van der Waals surface area contributed by atoms with Gasteiger partial charge < -0.3 is 18.9 Å². The number of carbonyl (C=O) groups excluding carboxylic acids is 1. The highest BCUT2D eigenvalue weighted by molar-refractivity contribution is 5.95. The van der Waals surface area contributed by atoms with E-state index in [0.717, 1.165) is 74.5 Å². The highest BCUT2D eigenvalue weighted by atomic mass is 16.5. The first kappa shape index (κ1) is 21.8. The van der Waals surface area contributed by atoms with Crippen LogP contribution < -0.4 is 4.74 Å². The van der Waals surface area contributed by atoms with Gasteiger partial charge in [-0.25, -0.2) is 0 Å². The van der Waals surface area contributed by atoms with Crippen LogP contribution in [0, 0.1) is 12.8 Å². The molecule has 7 heteroatoms. The molecular formula is C24H33N3O4.